The van der Waals surface area contributed by atoms with Gasteiger partial charge in [-0.3, -0.25) is 0 Å². The first-order valence-corrected chi connectivity index (χ1v) is 12.6. The topological polar surface area (TPSA) is 34.1 Å². The van der Waals surface area contributed by atoms with Crippen molar-refractivity contribution in [1.82, 2.24) is 5.01 Å². The van der Waals surface area contributed by atoms with Crippen molar-refractivity contribution in [3.63, 3.8) is 0 Å². The quantitative estimate of drug-likeness (QED) is 0.265. The van der Waals surface area contributed by atoms with Crippen LogP contribution in [-0.2, 0) is 0 Å². The molecular formula is C31H30N2O2. The van der Waals surface area contributed by atoms with E-state index in [9.17, 15) is 0 Å². The van der Waals surface area contributed by atoms with Crippen molar-refractivity contribution in [3.05, 3.63) is 108 Å². The van der Waals surface area contributed by atoms with E-state index < -0.39 is 0 Å². The zero-order chi connectivity index (χ0) is 23.6. The first-order chi connectivity index (χ1) is 17.3. The lowest BCUT2D eigenvalue weighted by Crippen LogP contribution is -2.33. The average molecular weight is 463 g/mol. The Labute approximate surface area is 206 Å². The van der Waals surface area contributed by atoms with Gasteiger partial charge in [0.25, 0.3) is 0 Å². The van der Waals surface area contributed by atoms with E-state index in [4.69, 9.17) is 14.6 Å². The van der Waals surface area contributed by atoms with E-state index in [0.29, 0.717) is 0 Å². The number of para-hydroxylation sites is 1. The number of fused-ring (bicyclic) bond motifs is 4. The molecule has 4 nitrogen and oxygen atoms in total. The lowest BCUT2D eigenvalue weighted by Gasteiger charge is -2.38. The summed E-state index contributed by atoms with van der Waals surface area (Å²) < 4.78 is 12.5. The molecule has 0 aromatic heterocycles. The number of hydrogen-bond acceptors (Lipinski definition) is 4. The van der Waals surface area contributed by atoms with Gasteiger partial charge in [-0.25, -0.2) is 5.01 Å². The molecule has 2 aliphatic rings. The van der Waals surface area contributed by atoms with Gasteiger partial charge in [0.15, 0.2) is 0 Å². The Kier molecular flexibility index (Phi) is 5.87. The van der Waals surface area contributed by atoms with Gasteiger partial charge in [-0.05, 0) is 47.5 Å². The van der Waals surface area contributed by atoms with Crippen LogP contribution in [0, 0.1) is 0 Å². The largest absolute Gasteiger partial charge is 0.494 e. The number of hydrogen-bond donors (Lipinski definition) is 0. The van der Waals surface area contributed by atoms with E-state index in [1.165, 1.54) is 34.7 Å². The van der Waals surface area contributed by atoms with Gasteiger partial charge in [-0.1, -0.05) is 80.4 Å². The highest BCUT2D eigenvalue weighted by molar-refractivity contribution is 6.11. The molecule has 0 amide bonds. The summed E-state index contributed by atoms with van der Waals surface area (Å²) in [6, 6.07) is 31.8. The minimum Gasteiger partial charge on any atom is -0.494 e. The minimum absolute atomic E-state index is 0.142. The number of rotatable bonds is 7. The lowest BCUT2D eigenvalue weighted by molar-refractivity contribution is -0.0190. The van der Waals surface area contributed by atoms with Crippen LogP contribution in [0.2, 0.25) is 0 Å². The second-order valence-corrected chi connectivity index (χ2v) is 9.31. The second-order valence-electron chi connectivity index (χ2n) is 9.31. The zero-order valence-electron chi connectivity index (χ0n) is 20.1. The monoisotopic (exact) mass is 462 g/mol. The van der Waals surface area contributed by atoms with Crippen LogP contribution < -0.4 is 9.47 Å². The summed E-state index contributed by atoms with van der Waals surface area (Å²) >= 11 is 0. The van der Waals surface area contributed by atoms with Crippen molar-refractivity contribution >= 4 is 16.5 Å². The van der Waals surface area contributed by atoms with Crippen molar-refractivity contribution in [2.75, 3.05) is 6.61 Å². The molecule has 4 heteroatoms. The molecule has 35 heavy (non-hydrogen) atoms. The third-order valence-corrected chi connectivity index (χ3v) is 6.98. The van der Waals surface area contributed by atoms with E-state index in [1.807, 2.05) is 18.2 Å². The van der Waals surface area contributed by atoms with Gasteiger partial charge >= 0.3 is 0 Å². The summed E-state index contributed by atoms with van der Waals surface area (Å²) in [5, 5.41) is 9.80. The third-order valence-electron chi connectivity index (χ3n) is 6.98. The van der Waals surface area contributed by atoms with Crippen LogP contribution in [0.1, 0.15) is 61.6 Å². The van der Waals surface area contributed by atoms with Crippen LogP contribution in [-0.4, -0.2) is 17.3 Å². The van der Waals surface area contributed by atoms with Gasteiger partial charge in [0.05, 0.1) is 18.4 Å². The molecule has 0 N–H and O–H groups in total. The smallest absolute Gasteiger partial charge is 0.213 e. The van der Waals surface area contributed by atoms with E-state index in [0.717, 1.165) is 42.2 Å². The Hall–Kier alpha value is -3.79. The Balaban J connectivity index is 1.34. The Bertz CT molecular complexity index is 1360. The van der Waals surface area contributed by atoms with Gasteiger partial charge in [0.1, 0.15) is 11.5 Å². The summed E-state index contributed by atoms with van der Waals surface area (Å²) in [4.78, 5) is 0. The molecule has 176 valence electrons. The van der Waals surface area contributed by atoms with Gasteiger partial charge < -0.3 is 9.47 Å². The molecular weight excluding hydrogens is 432 g/mol. The molecule has 0 fully saturated rings. The fraction of sp³-hybridized carbons (Fsp3) is 0.258. The van der Waals surface area contributed by atoms with E-state index in [2.05, 4.69) is 84.7 Å². The zero-order valence-corrected chi connectivity index (χ0v) is 20.1. The standard InChI is InChI=1S/C31H30N2O2/c1-2-3-8-20-34-24-18-16-23(17-19-24)31-33-29(27-13-6-7-15-30(27)35-31)21-28(32-33)26-14-9-11-22-10-4-5-12-25(22)26/h4-7,9-19,29,31H,2-3,8,20-21H2,1H3/t29-,31-/m1/s1. The summed E-state index contributed by atoms with van der Waals surface area (Å²) in [5.74, 6) is 1.84. The van der Waals surface area contributed by atoms with Gasteiger partial charge in [0.2, 0.25) is 6.23 Å². The second kappa shape index (κ2) is 9.46. The Morgan fingerprint density at radius 2 is 1.69 bits per heavy atom. The van der Waals surface area contributed by atoms with E-state index in [1.54, 1.807) is 0 Å². The molecule has 2 atom stereocenters. The van der Waals surface area contributed by atoms with Crippen LogP contribution in [0.3, 0.4) is 0 Å². The highest BCUT2D eigenvalue weighted by atomic mass is 16.5. The predicted molar refractivity (Wildman–Crippen MR) is 141 cm³/mol. The van der Waals surface area contributed by atoms with Crippen LogP contribution in [0.4, 0.5) is 0 Å². The fourth-order valence-corrected chi connectivity index (χ4v) is 5.16. The predicted octanol–water partition coefficient (Wildman–Crippen LogP) is 7.65. The maximum atomic E-state index is 6.53. The summed E-state index contributed by atoms with van der Waals surface area (Å²) in [7, 11) is 0. The maximum absolute atomic E-state index is 6.53. The van der Waals surface area contributed by atoms with Crippen molar-refractivity contribution in [1.29, 1.82) is 0 Å². The molecule has 2 aliphatic heterocycles. The van der Waals surface area contributed by atoms with Crippen molar-refractivity contribution in [2.45, 2.75) is 44.9 Å². The van der Waals surface area contributed by atoms with Crippen molar-refractivity contribution in [2.24, 2.45) is 5.10 Å². The SMILES string of the molecule is CCCCCOc1ccc([C@H]2Oc3ccccc3[C@H]3CC(c4cccc5ccccc45)=NN32)cc1. The average Bonchev–Trinajstić information content (AvgIpc) is 3.36. The highest BCUT2D eigenvalue weighted by Gasteiger charge is 2.41. The molecule has 0 saturated carbocycles. The summed E-state index contributed by atoms with van der Waals surface area (Å²) in [5.41, 5.74) is 4.57. The summed E-state index contributed by atoms with van der Waals surface area (Å²) in [6.07, 6.45) is 4.05. The van der Waals surface area contributed by atoms with Gasteiger partial charge in [-0.2, -0.15) is 5.10 Å². The Morgan fingerprint density at radius 3 is 2.57 bits per heavy atom. The van der Waals surface area contributed by atoms with Crippen LogP contribution >= 0.6 is 0 Å². The highest BCUT2D eigenvalue weighted by Crippen LogP contribution is 2.47. The molecule has 2 heterocycles. The first kappa shape index (κ1) is 21.7. The maximum Gasteiger partial charge on any atom is 0.213 e. The van der Waals surface area contributed by atoms with Crippen molar-refractivity contribution < 1.29 is 9.47 Å². The molecule has 0 aliphatic carbocycles. The summed E-state index contributed by atoms with van der Waals surface area (Å²) in [6.45, 7) is 2.96. The van der Waals surface area contributed by atoms with Crippen LogP contribution in [0.5, 0.6) is 11.5 Å². The van der Waals surface area contributed by atoms with Gasteiger partial charge in [-0.15, -0.1) is 0 Å². The molecule has 0 unspecified atom stereocenters. The van der Waals surface area contributed by atoms with E-state index >= 15 is 0 Å². The van der Waals surface area contributed by atoms with E-state index in [-0.39, 0.29) is 12.3 Å². The number of hydrazone groups is 1. The molecule has 0 bridgehead atoms. The molecule has 6 rings (SSSR count). The fourth-order valence-electron chi connectivity index (χ4n) is 5.16. The molecule has 0 saturated heterocycles. The normalized spacial score (nSPS) is 18.5. The molecule has 4 aromatic carbocycles. The number of benzene rings is 4. The Morgan fingerprint density at radius 1 is 0.886 bits per heavy atom. The van der Waals surface area contributed by atoms with Crippen LogP contribution in [0.15, 0.2) is 96.1 Å². The molecule has 0 spiro atoms. The molecule has 0 radical (unpaired) electrons. The lowest BCUT2D eigenvalue weighted by atomic mass is 9.93. The van der Waals surface area contributed by atoms with Gasteiger partial charge in [0, 0.05) is 23.1 Å². The number of ether oxygens (including phenoxy) is 2. The first-order valence-electron chi connectivity index (χ1n) is 12.6. The minimum atomic E-state index is -0.281. The molecule has 4 aromatic rings. The number of unbranched alkanes of at least 4 members (excludes halogenated alkanes) is 2. The van der Waals surface area contributed by atoms with Crippen molar-refractivity contribution in [3.8, 4) is 11.5 Å². The third kappa shape index (κ3) is 4.14. The van der Waals surface area contributed by atoms with Crippen LogP contribution in [0.25, 0.3) is 10.8 Å². The number of nitrogens with zero attached hydrogens (tertiary/aromatic N) is 2.